The molecule has 0 radical (unpaired) electrons. The van der Waals surface area contributed by atoms with Gasteiger partial charge in [0.25, 0.3) is 5.56 Å². The second kappa shape index (κ2) is 15.7. The predicted octanol–water partition coefficient (Wildman–Crippen LogP) is 3.00. The molecule has 3 N–H and O–H groups in total. The van der Waals surface area contributed by atoms with Crippen molar-refractivity contribution >= 4 is 61.6 Å². The Bertz CT molecular complexity index is 2020. The van der Waals surface area contributed by atoms with E-state index in [1.807, 2.05) is 11.6 Å². The molecule has 2 saturated carbocycles. The average molecular weight is 781 g/mol. The van der Waals surface area contributed by atoms with E-state index in [-0.39, 0.29) is 59.7 Å². The van der Waals surface area contributed by atoms with Gasteiger partial charge < -0.3 is 35.4 Å². The van der Waals surface area contributed by atoms with E-state index in [0.29, 0.717) is 23.7 Å². The number of hydrogen-bond acceptors (Lipinski definition) is 12. The molecule has 3 fully saturated rings. The molecule has 3 aromatic rings. The van der Waals surface area contributed by atoms with E-state index < -0.39 is 0 Å². The van der Waals surface area contributed by atoms with E-state index in [0.717, 1.165) is 99.2 Å². The van der Waals surface area contributed by atoms with E-state index in [9.17, 15) is 24.0 Å². The number of thiophene rings is 2. The first-order valence-corrected chi connectivity index (χ1v) is 20.8. The minimum absolute atomic E-state index is 0.0151. The predicted molar refractivity (Wildman–Crippen MR) is 208 cm³/mol. The maximum atomic E-state index is 13.5. The third kappa shape index (κ3) is 7.29. The van der Waals surface area contributed by atoms with Crippen LogP contribution in [-0.2, 0) is 51.6 Å². The summed E-state index contributed by atoms with van der Waals surface area (Å²) in [4.78, 5) is 76.9. The van der Waals surface area contributed by atoms with Crippen LogP contribution in [0.15, 0.2) is 4.79 Å². The Balaban J connectivity index is 0.000000134. The minimum atomic E-state index is -0.276. The van der Waals surface area contributed by atoms with E-state index in [2.05, 4.69) is 29.2 Å². The molecule has 0 aromatic carbocycles. The number of hydrogen-bond donors (Lipinski definition) is 2. The zero-order valence-corrected chi connectivity index (χ0v) is 33.6. The maximum absolute atomic E-state index is 13.5. The molecule has 0 bridgehead atoms. The molecule has 292 valence electrons. The Labute approximate surface area is 323 Å². The zero-order valence-electron chi connectivity index (χ0n) is 31.9. The van der Waals surface area contributed by atoms with Gasteiger partial charge in [0.2, 0.25) is 17.7 Å². The largest absolute Gasteiger partial charge is 0.462 e. The van der Waals surface area contributed by atoms with E-state index in [1.54, 1.807) is 30.2 Å². The third-order valence-corrected chi connectivity index (χ3v) is 13.9. The molecule has 6 aliphatic rings. The maximum Gasteiger partial charge on any atom is 0.341 e. The molecule has 9 rings (SSSR count). The summed E-state index contributed by atoms with van der Waals surface area (Å²) in [6.45, 7) is 6.57. The van der Waals surface area contributed by atoms with Crippen LogP contribution in [0.4, 0.5) is 5.00 Å². The SMILES string of the molecule is CCOC(=O)c1c(N)sc2c1CCN(C)C2.CN1CC(=O)N[C@@H]2CCC[C@@H]2C1=O.CN1CCc2c(sc3nc4n(c(=O)c23)[C@@H]2CCC[C@@H]2C(=O)N(C)C4)C1. The lowest BCUT2D eigenvalue weighted by Gasteiger charge is -2.22. The minimum Gasteiger partial charge on any atom is -0.462 e. The summed E-state index contributed by atoms with van der Waals surface area (Å²) in [5.41, 5.74) is 8.88. The van der Waals surface area contributed by atoms with Gasteiger partial charge in [-0.15, -0.1) is 22.7 Å². The molecule has 0 spiro atoms. The fraction of sp³-hybridized carbons (Fsp3) is 0.632. The number of amides is 3. The Hall–Kier alpha value is -3.86. The highest BCUT2D eigenvalue weighted by Gasteiger charge is 2.41. The van der Waals surface area contributed by atoms with Crippen molar-refractivity contribution in [2.24, 2.45) is 11.8 Å². The van der Waals surface area contributed by atoms with Gasteiger partial charge in [-0.05, 0) is 70.7 Å². The van der Waals surface area contributed by atoms with Crippen LogP contribution in [-0.4, -0.2) is 113 Å². The topological polar surface area (TPSA) is 163 Å². The fourth-order valence-electron chi connectivity index (χ4n) is 9.03. The van der Waals surface area contributed by atoms with Crippen molar-refractivity contribution in [1.82, 2.24) is 34.5 Å². The van der Waals surface area contributed by atoms with Crippen LogP contribution in [0.1, 0.15) is 88.6 Å². The Kier molecular flexibility index (Phi) is 11.2. The summed E-state index contributed by atoms with van der Waals surface area (Å²) >= 11 is 3.17. The number of fused-ring (bicyclic) bond motifs is 8. The van der Waals surface area contributed by atoms with Crippen molar-refractivity contribution in [1.29, 1.82) is 0 Å². The summed E-state index contributed by atoms with van der Waals surface area (Å²) in [5, 5.41) is 4.32. The van der Waals surface area contributed by atoms with Gasteiger partial charge in [0.1, 0.15) is 15.7 Å². The van der Waals surface area contributed by atoms with Gasteiger partial charge in [-0.1, -0.05) is 12.8 Å². The smallest absolute Gasteiger partial charge is 0.341 e. The number of nitrogens with two attached hydrogens (primary N) is 1. The lowest BCUT2D eigenvalue weighted by Crippen LogP contribution is -2.37. The van der Waals surface area contributed by atoms with Gasteiger partial charge in [-0.25, -0.2) is 9.78 Å². The number of esters is 1. The molecule has 16 heteroatoms. The number of anilines is 1. The molecule has 3 aromatic heterocycles. The summed E-state index contributed by atoms with van der Waals surface area (Å²) in [7, 11) is 7.72. The summed E-state index contributed by atoms with van der Waals surface area (Å²) < 4.78 is 6.92. The normalized spacial score (nSPS) is 25.2. The summed E-state index contributed by atoms with van der Waals surface area (Å²) in [5.74, 6) is 0.725. The highest BCUT2D eigenvalue weighted by molar-refractivity contribution is 7.18. The number of nitrogens with zero attached hydrogens (tertiary/aromatic N) is 6. The molecule has 14 nitrogen and oxygen atoms in total. The Morgan fingerprint density at radius 3 is 2.19 bits per heavy atom. The van der Waals surface area contributed by atoms with Crippen LogP contribution in [0.25, 0.3) is 10.2 Å². The first-order chi connectivity index (χ1) is 25.9. The molecular weight excluding hydrogens is 729 g/mol. The first kappa shape index (κ1) is 38.4. The highest BCUT2D eigenvalue weighted by Crippen LogP contribution is 2.40. The third-order valence-electron chi connectivity index (χ3n) is 11.7. The van der Waals surface area contributed by atoms with Crippen LogP contribution in [0.3, 0.4) is 0 Å². The second-order valence-electron chi connectivity index (χ2n) is 15.5. The number of carbonyl (C=O) groups excluding carboxylic acids is 4. The molecule has 2 aliphatic carbocycles. The number of aromatic nitrogens is 2. The van der Waals surface area contributed by atoms with Crippen LogP contribution in [0.5, 0.6) is 0 Å². The van der Waals surface area contributed by atoms with Crippen molar-refractivity contribution < 1.29 is 23.9 Å². The van der Waals surface area contributed by atoms with Crippen molar-refractivity contribution in [2.45, 2.75) is 90.0 Å². The zero-order chi connectivity index (χ0) is 38.4. The molecule has 4 aliphatic heterocycles. The molecule has 54 heavy (non-hydrogen) atoms. The van der Waals surface area contributed by atoms with Gasteiger partial charge in [0, 0.05) is 56.1 Å². The molecule has 3 amide bonds. The molecule has 1 saturated heterocycles. The van der Waals surface area contributed by atoms with Crippen LogP contribution in [0.2, 0.25) is 0 Å². The Morgan fingerprint density at radius 1 is 0.833 bits per heavy atom. The number of likely N-dealkylation sites (N-methyl/N-ethyl adjacent to an activating group) is 3. The standard InChI is InChI=1S/C18H22N4O2S.C11H16N2O2S.C9H14N2O2/c1-20-7-6-11-13(8-20)25-16-15(11)18(24)22-12-5-3-4-10(12)17(23)21(2)9-14(22)19-16;1-3-15-11(14)9-7-4-5-13(2)6-8(7)16-10(9)12;1-11-5-8(12)10-7-4-2-3-6(7)9(11)13/h10,12H,3-9H2,1-2H3;3-6,12H2,1-2H3;6-7H,2-5H2,1H3,(H,10,12)/t10-,12+;;6-,7+/m0.0/s1. The van der Waals surface area contributed by atoms with Gasteiger partial charge in [0.15, 0.2) is 0 Å². The van der Waals surface area contributed by atoms with Gasteiger partial charge in [0.05, 0.1) is 48.5 Å². The average Bonchev–Trinajstić information content (AvgIpc) is 3.90. The van der Waals surface area contributed by atoms with Crippen LogP contribution < -0.4 is 16.6 Å². The van der Waals surface area contributed by atoms with Gasteiger partial charge in [-0.3, -0.25) is 23.7 Å². The molecule has 4 atom stereocenters. The number of nitrogen functional groups attached to an aromatic ring is 1. The second-order valence-corrected chi connectivity index (χ2v) is 17.8. The van der Waals surface area contributed by atoms with Gasteiger partial charge in [-0.2, -0.15) is 0 Å². The van der Waals surface area contributed by atoms with E-state index in [1.165, 1.54) is 31.6 Å². The van der Waals surface area contributed by atoms with Gasteiger partial charge >= 0.3 is 5.97 Å². The number of nitrogens with one attached hydrogen (secondary N) is 1. The number of carbonyl (C=O) groups is 4. The fourth-order valence-corrected chi connectivity index (χ4v) is 11.5. The Morgan fingerprint density at radius 2 is 1.46 bits per heavy atom. The first-order valence-electron chi connectivity index (χ1n) is 19.1. The molecular formula is C38H52N8O6S2. The van der Waals surface area contributed by atoms with Crippen molar-refractivity contribution in [2.75, 3.05) is 60.2 Å². The van der Waals surface area contributed by atoms with Crippen molar-refractivity contribution in [3.05, 3.63) is 42.6 Å². The quantitative estimate of drug-likeness (QED) is 0.370. The van der Waals surface area contributed by atoms with Crippen molar-refractivity contribution in [3.63, 3.8) is 0 Å². The summed E-state index contributed by atoms with van der Waals surface area (Å²) in [6, 6.07) is 0.0867. The monoisotopic (exact) mass is 780 g/mol. The highest BCUT2D eigenvalue weighted by atomic mass is 32.1. The lowest BCUT2D eigenvalue weighted by molar-refractivity contribution is -0.135. The lowest BCUT2D eigenvalue weighted by atomic mass is 10.0. The van der Waals surface area contributed by atoms with Crippen molar-refractivity contribution in [3.8, 4) is 0 Å². The van der Waals surface area contributed by atoms with E-state index >= 15 is 0 Å². The number of rotatable bonds is 2. The van der Waals surface area contributed by atoms with Crippen LogP contribution in [0, 0.1) is 11.8 Å². The molecule has 0 unspecified atom stereocenters. The van der Waals surface area contributed by atoms with Crippen LogP contribution >= 0.6 is 22.7 Å². The number of ether oxygens (including phenoxy) is 1. The van der Waals surface area contributed by atoms with E-state index in [4.69, 9.17) is 15.5 Å². The summed E-state index contributed by atoms with van der Waals surface area (Å²) in [6.07, 6.45) is 7.51. The molecule has 7 heterocycles.